The maximum Gasteiger partial charge on any atom is 0.303 e. The standard InChI is InChI=1S/C18H33NO8Si/c1-10(20)19-14-16(26-12(3)22)15(25-11(2)21)13(27-17(14)23)9-24-28(7,8)18(4,5)6/h13-17,23H,9H2,1-8H3,(H,19,20)/t13-,14-,15-,16-,17?/m1/s1. The molecule has 2 N–H and O–H groups in total. The number of nitrogens with one attached hydrogen (secondary N) is 1. The SMILES string of the molecule is CC(=O)N[C@H]1C(O)O[C@H](CO[Si](C)(C)C(C)(C)C)[C@@H](OC(C)=O)[C@@H]1OC(C)=O. The predicted octanol–water partition coefficient (Wildman–Crippen LogP) is 1.09. The quantitative estimate of drug-likeness (QED) is 0.485. The first-order valence-corrected chi connectivity index (χ1v) is 12.2. The van der Waals surface area contributed by atoms with E-state index in [0.29, 0.717) is 0 Å². The molecule has 1 aliphatic heterocycles. The number of ether oxygens (including phenoxy) is 3. The van der Waals surface area contributed by atoms with Crippen molar-refractivity contribution in [1.82, 2.24) is 5.32 Å². The van der Waals surface area contributed by atoms with E-state index in [1.807, 2.05) is 0 Å². The summed E-state index contributed by atoms with van der Waals surface area (Å²) in [5, 5.41) is 12.8. The van der Waals surface area contributed by atoms with E-state index < -0.39 is 56.8 Å². The molecule has 0 aromatic heterocycles. The van der Waals surface area contributed by atoms with Gasteiger partial charge in [0, 0.05) is 20.8 Å². The van der Waals surface area contributed by atoms with E-state index in [1.54, 1.807) is 0 Å². The number of esters is 2. The number of amides is 1. The van der Waals surface area contributed by atoms with Crippen molar-refractivity contribution in [1.29, 1.82) is 0 Å². The molecule has 0 aromatic carbocycles. The molecular weight excluding hydrogens is 386 g/mol. The van der Waals surface area contributed by atoms with Crippen molar-refractivity contribution >= 4 is 26.2 Å². The number of hydrogen-bond acceptors (Lipinski definition) is 8. The van der Waals surface area contributed by atoms with Gasteiger partial charge in [0.25, 0.3) is 0 Å². The summed E-state index contributed by atoms with van der Waals surface area (Å²) >= 11 is 0. The molecule has 1 amide bonds. The van der Waals surface area contributed by atoms with Gasteiger partial charge in [-0.15, -0.1) is 0 Å². The molecule has 0 aromatic rings. The molecule has 10 heteroatoms. The van der Waals surface area contributed by atoms with Crippen LogP contribution < -0.4 is 5.32 Å². The summed E-state index contributed by atoms with van der Waals surface area (Å²) in [7, 11) is -2.16. The van der Waals surface area contributed by atoms with E-state index in [4.69, 9.17) is 18.6 Å². The van der Waals surface area contributed by atoms with E-state index in [2.05, 4.69) is 39.2 Å². The highest BCUT2D eigenvalue weighted by Crippen LogP contribution is 2.37. The molecule has 5 atom stereocenters. The Balaban J connectivity index is 3.15. The third-order valence-electron chi connectivity index (χ3n) is 5.05. The summed E-state index contributed by atoms with van der Waals surface area (Å²) < 4.78 is 22.4. The number of carbonyl (C=O) groups excluding carboxylic acids is 3. The minimum absolute atomic E-state index is 0.0378. The Labute approximate surface area is 167 Å². The van der Waals surface area contributed by atoms with Gasteiger partial charge in [-0.25, -0.2) is 0 Å². The van der Waals surface area contributed by atoms with Gasteiger partial charge >= 0.3 is 11.9 Å². The van der Waals surface area contributed by atoms with Gasteiger partial charge in [0.05, 0.1) is 6.61 Å². The Kier molecular flexibility index (Phi) is 8.18. The molecule has 1 fully saturated rings. The number of aliphatic hydroxyl groups excluding tert-OH is 1. The molecule has 1 saturated heterocycles. The third kappa shape index (κ3) is 6.54. The second-order valence-corrected chi connectivity index (χ2v) is 13.3. The van der Waals surface area contributed by atoms with E-state index in [0.717, 1.165) is 0 Å². The molecule has 1 rings (SSSR count). The molecule has 0 radical (unpaired) electrons. The van der Waals surface area contributed by atoms with Gasteiger partial charge in [0.2, 0.25) is 5.91 Å². The molecule has 9 nitrogen and oxygen atoms in total. The normalized spacial score (nSPS) is 28.4. The highest BCUT2D eigenvalue weighted by Gasteiger charge is 2.50. The van der Waals surface area contributed by atoms with Crippen molar-refractivity contribution in [2.75, 3.05) is 6.61 Å². The minimum atomic E-state index is -2.16. The lowest BCUT2D eigenvalue weighted by Gasteiger charge is -2.45. The van der Waals surface area contributed by atoms with Crippen LogP contribution in [0.4, 0.5) is 0 Å². The zero-order chi connectivity index (χ0) is 21.9. The fourth-order valence-electron chi connectivity index (χ4n) is 2.62. The first-order chi connectivity index (χ1) is 12.7. The van der Waals surface area contributed by atoms with Crippen LogP contribution in [0.15, 0.2) is 0 Å². The third-order valence-corrected chi connectivity index (χ3v) is 9.55. The Morgan fingerprint density at radius 3 is 1.96 bits per heavy atom. The van der Waals surface area contributed by atoms with E-state index >= 15 is 0 Å². The zero-order valence-electron chi connectivity index (χ0n) is 17.9. The van der Waals surface area contributed by atoms with E-state index in [1.165, 1.54) is 20.8 Å². The largest absolute Gasteiger partial charge is 0.456 e. The number of hydrogen-bond donors (Lipinski definition) is 2. The van der Waals surface area contributed by atoms with Gasteiger partial charge in [-0.3, -0.25) is 14.4 Å². The minimum Gasteiger partial charge on any atom is -0.456 e. The monoisotopic (exact) mass is 419 g/mol. The van der Waals surface area contributed by atoms with Gasteiger partial charge in [-0.05, 0) is 18.1 Å². The van der Waals surface area contributed by atoms with Gasteiger partial charge in [-0.1, -0.05) is 20.8 Å². The summed E-state index contributed by atoms with van der Waals surface area (Å²) in [5.74, 6) is -1.71. The van der Waals surface area contributed by atoms with Crippen LogP contribution in [0, 0.1) is 0 Å². The number of aliphatic hydroxyl groups is 1. The van der Waals surface area contributed by atoms with Crippen LogP contribution in [-0.2, 0) is 33.0 Å². The topological polar surface area (TPSA) is 120 Å². The molecule has 162 valence electrons. The van der Waals surface area contributed by atoms with Crippen molar-refractivity contribution in [3.8, 4) is 0 Å². The Morgan fingerprint density at radius 2 is 1.54 bits per heavy atom. The molecule has 28 heavy (non-hydrogen) atoms. The fourth-order valence-corrected chi connectivity index (χ4v) is 3.63. The highest BCUT2D eigenvalue weighted by atomic mass is 28.4. The van der Waals surface area contributed by atoms with Crippen LogP contribution in [0.3, 0.4) is 0 Å². The molecule has 0 saturated carbocycles. The average molecular weight is 420 g/mol. The average Bonchev–Trinajstić information content (AvgIpc) is 2.49. The van der Waals surface area contributed by atoms with Crippen molar-refractivity contribution in [3.05, 3.63) is 0 Å². The van der Waals surface area contributed by atoms with Gasteiger partial charge in [0.15, 0.2) is 26.8 Å². The number of carbonyl (C=O) groups is 3. The van der Waals surface area contributed by atoms with Crippen molar-refractivity contribution < 1.29 is 38.1 Å². The van der Waals surface area contributed by atoms with Crippen molar-refractivity contribution in [2.45, 2.75) is 90.3 Å². The number of rotatable bonds is 6. The summed E-state index contributed by atoms with van der Waals surface area (Å²) in [6, 6.07) is -1.09. The van der Waals surface area contributed by atoms with Crippen molar-refractivity contribution in [2.24, 2.45) is 0 Å². The van der Waals surface area contributed by atoms with Crippen LogP contribution in [0.2, 0.25) is 18.1 Å². The van der Waals surface area contributed by atoms with Gasteiger partial charge in [0.1, 0.15) is 12.1 Å². The maximum atomic E-state index is 11.7. The zero-order valence-corrected chi connectivity index (χ0v) is 18.9. The van der Waals surface area contributed by atoms with Crippen LogP contribution in [-0.4, -0.2) is 68.5 Å². The summed E-state index contributed by atoms with van der Waals surface area (Å²) in [6.45, 7) is 14.0. The smallest absolute Gasteiger partial charge is 0.303 e. The Bertz CT molecular complexity index is 589. The first-order valence-electron chi connectivity index (χ1n) is 9.24. The second kappa shape index (κ2) is 9.34. The molecule has 0 aliphatic carbocycles. The fraction of sp³-hybridized carbons (Fsp3) is 0.833. The Hall–Kier alpha value is -1.49. The summed E-state index contributed by atoms with van der Waals surface area (Å²) in [6.07, 6.45) is -4.51. The molecule has 1 unspecified atom stereocenters. The lowest BCUT2D eigenvalue weighted by atomic mass is 9.96. The predicted molar refractivity (Wildman–Crippen MR) is 103 cm³/mol. The lowest BCUT2D eigenvalue weighted by molar-refractivity contribution is -0.262. The lowest BCUT2D eigenvalue weighted by Crippen LogP contribution is -2.66. The molecule has 1 heterocycles. The highest BCUT2D eigenvalue weighted by molar-refractivity contribution is 6.74. The second-order valence-electron chi connectivity index (χ2n) is 8.51. The Morgan fingerprint density at radius 1 is 1.04 bits per heavy atom. The molecule has 0 bridgehead atoms. The summed E-state index contributed by atoms with van der Waals surface area (Å²) in [4.78, 5) is 34.8. The molecule has 1 aliphatic rings. The van der Waals surface area contributed by atoms with Gasteiger partial charge in [-0.2, -0.15) is 0 Å². The van der Waals surface area contributed by atoms with E-state index in [9.17, 15) is 19.5 Å². The first kappa shape index (κ1) is 24.5. The summed E-state index contributed by atoms with van der Waals surface area (Å²) in [5.41, 5.74) is 0. The van der Waals surface area contributed by atoms with Crippen LogP contribution >= 0.6 is 0 Å². The van der Waals surface area contributed by atoms with Crippen LogP contribution in [0.1, 0.15) is 41.5 Å². The van der Waals surface area contributed by atoms with Crippen LogP contribution in [0.25, 0.3) is 0 Å². The van der Waals surface area contributed by atoms with Crippen LogP contribution in [0.5, 0.6) is 0 Å². The maximum absolute atomic E-state index is 11.7. The molecule has 0 spiro atoms. The van der Waals surface area contributed by atoms with Crippen molar-refractivity contribution in [3.63, 3.8) is 0 Å². The molecular formula is C18H33NO8Si. The van der Waals surface area contributed by atoms with Gasteiger partial charge < -0.3 is 29.1 Å². The van der Waals surface area contributed by atoms with E-state index in [-0.39, 0.29) is 11.6 Å².